The predicted octanol–water partition coefficient (Wildman–Crippen LogP) is 0.607. The lowest BCUT2D eigenvalue weighted by atomic mass is 10.0. The number of nitrogens with two attached hydrogens (primary N) is 1. The molecule has 0 saturated carbocycles. The molecule has 0 aliphatic rings. The molecule has 0 radical (unpaired) electrons. The van der Waals surface area contributed by atoms with Gasteiger partial charge < -0.3 is 20.5 Å². The summed E-state index contributed by atoms with van der Waals surface area (Å²) in [5.41, 5.74) is 5.23. The molecule has 2 aromatic rings. The summed E-state index contributed by atoms with van der Waals surface area (Å²) in [5, 5.41) is 3.66. The fourth-order valence-corrected chi connectivity index (χ4v) is 2.07. The minimum Gasteiger partial charge on any atom is -0.496 e. The van der Waals surface area contributed by atoms with Crippen molar-refractivity contribution in [3.05, 3.63) is 42.0 Å². The van der Waals surface area contributed by atoms with Crippen molar-refractivity contribution in [1.82, 2.24) is 5.32 Å². The third-order valence-corrected chi connectivity index (χ3v) is 3.12. The molecule has 0 unspecified atom stereocenters. The van der Waals surface area contributed by atoms with E-state index in [4.69, 9.17) is 15.2 Å². The van der Waals surface area contributed by atoms with E-state index in [9.17, 15) is 14.4 Å². The SMILES string of the molecule is COc1ccc(C(=O)OCC(=O)NCC(N)=O)c2ccccc12. The van der Waals surface area contributed by atoms with E-state index in [0.717, 1.165) is 5.39 Å². The van der Waals surface area contributed by atoms with Crippen LogP contribution in [0, 0.1) is 0 Å². The Kier molecular flexibility index (Phi) is 5.14. The van der Waals surface area contributed by atoms with Crippen molar-refractivity contribution < 1.29 is 23.9 Å². The summed E-state index contributed by atoms with van der Waals surface area (Å²) in [6.45, 7) is -0.797. The van der Waals surface area contributed by atoms with Gasteiger partial charge in [-0.25, -0.2) is 4.79 Å². The van der Waals surface area contributed by atoms with Crippen molar-refractivity contribution in [3.8, 4) is 5.75 Å². The van der Waals surface area contributed by atoms with Gasteiger partial charge in [-0.05, 0) is 17.5 Å². The molecule has 2 rings (SSSR count). The van der Waals surface area contributed by atoms with E-state index in [1.807, 2.05) is 12.1 Å². The number of rotatable bonds is 6. The maximum absolute atomic E-state index is 12.2. The quantitative estimate of drug-likeness (QED) is 0.759. The molecule has 0 aromatic heterocycles. The average molecular weight is 316 g/mol. The van der Waals surface area contributed by atoms with Gasteiger partial charge in [-0.15, -0.1) is 0 Å². The molecule has 0 bridgehead atoms. The third-order valence-electron chi connectivity index (χ3n) is 3.12. The lowest BCUT2D eigenvalue weighted by Gasteiger charge is -2.10. The van der Waals surface area contributed by atoms with Gasteiger partial charge in [0, 0.05) is 5.39 Å². The summed E-state index contributed by atoms with van der Waals surface area (Å²) >= 11 is 0. The van der Waals surface area contributed by atoms with Gasteiger partial charge in [-0.3, -0.25) is 9.59 Å². The molecule has 2 amide bonds. The number of benzene rings is 2. The van der Waals surface area contributed by atoms with Crippen LogP contribution in [-0.4, -0.2) is 38.0 Å². The first kappa shape index (κ1) is 16.3. The summed E-state index contributed by atoms with van der Waals surface area (Å²) in [6.07, 6.45) is 0. The number of hydrogen-bond donors (Lipinski definition) is 2. The molecule has 0 saturated heterocycles. The molecular formula is C16H16N2O5. The molecule has 23 heavy (non-hydrogen) atoms. The Morgan fingerprint density at radius 2 is 1.78 bits per heavy atom. The van der Waals surface area contributed by atoms with Crippen LogP contribution in [0.25, 0.3) is 10.8 Å². The second-order valence-corrected chi connectivity index (χ2v) is 4.68. The molecular weight excluding hydrogens is 300 g/mol. The van der Waals surface area contributed by atoms with Crippen LogP contribution in [0.2, 0.25) is 0 Å². The highest BCUT2D eigenvalue weighted by Crippen LogP contribution is 2.28. The fraction of sp³-hybridized carbons (Fsp3) is 0.188. The lowest BCUT2D eigenvalue weighted by molar-refractivity contribution is -0.127. The minimum absolute atomic E-state index is 0.304. The Balaban J connectivity index is 2.13. The average Bonchev–Trinajstić information content (AvgIpc) is 2.56. The molecule has 0 spiro atoms. The van der Waals surface area contributed by atoms with Crippen LogP contribution in [0.15, 0.2) is 36.4 Å². The van der Waals surface area contributed by atoms with Crippen molar-refractivity contribution in [2.75, 3.05) is 20.3 Å². The Labute approximate surface area is 132 Å². The van der Waals surface area contributed by atoms with Crippen molar-refractivity contribution in [2.45, 2.75) is 0 Å². The highest BCUT2D eigenvalue weighted by molar-refractivity contribution is 6.06. The number of fused-ring (bicyclic) bond motifs is 1. The van der Waals surface area contributed by atoms with E-state index < -0.39 is 24.4 Å². The molecule has 0 heterocycles. The van der Waals surface area contributed by atoms with Gasteiger partial charge in [0.25, 0.3) is 5.91 Å². The molecule has 0 aliphatic carbocycles. The Hall–Kier alpha value is -3.09. The number of amides is 2. The van der Waals surface area contributed by atoms with Gasteiger partial charge in [-0.1, -0.05) is 24.3 Å². The van der Waals surface area contributed by atoms with Gasteiger partial charge >= 0.3 is 5.97 Å². The number of primary amides is 1. The van der Waals surface area contributed by atoms with Crippen molar-refractivity contribution in [2.24, 2.45) is 5.73 Å². The molecule has 3 N–H and O–H groups in total. The highest BCUT2D eigenvalue weighted by Gasteiger charge is 2.15. The van der Waals surface area contributed by atoms with E-state index in [1.54, 1.807) is 31.4 Å². The monoisotopic (exact) mass is 316 g/mol. The summed E-state index contributed by atoms with van der Waals surface area (Å²) in [5.74, 6) is -1.28. The smallest absolute Gasteiger partial charge is 0.339 e. The zero-order valence-corrected chi connectivity index (χ0v) is 12.5. The van der Waals surface area contributed by atoms with E-state index in [1.165, 1.54) is 0 Å². The number of nitrogens with one attached hydrogen (secondary N) is 1. The lowest BCUT2D eigenvalue weighted by Crippen LogP contribution is -2.36. The standard InChI is InChI=1S/C16H16N2O5/c1-22-13-7-6-12(10-4-2-3-5-11(10)13)16(21)23-9-15(20)18-8-14(17)19/h2-7H,8-9H2,1H3,(H2,17,19)(H,18,20). The number of methoxy groups -OCH3 is 1. The molecule has 7 nitrogen and oxygen atoms in total. The Morgan fingerprint density at radius 1 is 1.09 bits per heavy atom. The van der Waals surface area contributed by atoms with Crippen LogP contribution in [0.3, 0.4) is 0 Å². The summed E-state index contributed by atoms with van der Waals surface area (Å²) in [6, 6.07) is 10.4. The van der Waals surface area contributed by atoms with Crippen molar-refractivity contribution in [3.63, 3.8) is 0 Å². The number of hydrogen-bond acceptors (Lipinski definition) is 5. The molecule has 0 aliphatic heterocycles. The second-order valence-electron chi connectivity index (χ2n) is 4.68. The van der Waals surface area contributed by atoms with Gasteiger partial charge in [0.05, 0.1) is 19.2 Å². The summed E-state index contributed by atoms with van der Waals surface area (Å²) in [4.78, 5) is 34.2. The summed E-state index contributed by atoms with van der Waals surface area (Å²) < 4.78 is 10.2. The van der Waals surface area contributed by atoms with Crippen molar-refractivity contribution >= 4 is 28.6 Å². The maximum atomic E-state index is 12.2. The molecule has 7 heteroatoms. The largest absolute Gasteiger partial charge is 0.496 e. The molecule has 2 aromatic carbocycles. The van der Waals surface area contributed by atoms with Crippen LogP contribution in [-0.2, 0) is 14.3 Å². The summed E-state index contributed by atoms with van der Waals surface area (Å²) in [7, 11) is 1.54. The predicted molar refractivity (Wildman–Crippen MR) is 83.0 cm³/mol. The first-order chi connectivity index (χ1) is 11.0. The van der Waals surface area contributed by atoms with E-state index in [2.05, 4.69) is 5.32 Å². The van der Waals surface area contributed by atoms with E-state index >= 15 is 0 Å². The number of esters is 1. The number of ether oxygens (including phenoxy) is 2. The third kappa shape index (κ3) is 3.97. The van der Waals surface area contributed by atoms with E-state index in [0.29, 0.717) is 16.7 Å². The first-order valence-electron chi connectivity index (χ1n) is 6.80. The van der Waals surface area contributed by atoms with E-state index in [-0.39, 0.29) is 6.54 Å². The van der Waals surface area contributed by atoms with Crippen LogP contribution >= 0.6 is 0 Å². The minimum atomic E-state index is -0.675. The van der Waals surface area contributed by atoms with Crippen LogP contribution in [0.5, 0.6) is 5.75 Å². The second kappa shape index (κ2) is 7.26. The Morgan fingerprint density at radius 3 is 2.43 bits per heavy atom. The zero-order valence-electron chi connectivity index (χ0n) is 12.5. The van der Waals surface area contributed by atoms with Gasteiger partial charge in [0.1, 0.15) is 5.75 Å². The highest BCUT2D eigenvalue weighted by atomic mass is 16.5. The first-order valence-corrected chi connectivity index (χ1v) is 6.80. The molecule has 120 valence electrons. The number of carbonyl (C=O) groups is 3. The van der Waals surface area contributed by atoms with Crippen LogP contribution < -0.4 is 15.8 Å². The topological polar surface area (TPSA) is 108 Å². The molecule has 0 fully saturated rings. The van der Waals surface area contributed by atoms with Gasteiger partial charge in [0.15, 0.2) is 6.61 Å². The van der Waals surface area contributed by atoms with Crippen molar-refractivity contribution in [1.29, 1.82) is 0 Å². The molecule has 0 atom stereocenters. The maximum Gasteiger partial charge on any atom is 0.339 e. The van der Waals surface area contributed by atoms with Gasteiger partial charge in [-0.2, -0.15) is 0 Å². The van der Waals surface area contributed by atoms with Crippen LogP contribution in [0.1, 0.15) is 10.4 Å². The fourth-order valence-electron chi connectivity index (χ4n) is 2.07. The number of carbonyl (C=O) groups excluding carboxylic acids is 3. The zero-order chi connectivity index (χ0) is 16.8. The normalized spacial score (nSPS) is 10.1. The van der Waals surface area contributed by atoms with Crippen LogP contribution in [0.4, 0.5) is 0 Å². The van der Waals surface area contributed by atoms with Gasteiger partial charge in [0.2, 0.25) is 5.91 Å². The Bertz CT molecular complexity index is 757.